The summed E-state index contributed by atoms with van der Waals surface area (Å²) < 4.78 is 25.7. The van der Waals surface area contributed by atoms with Crippen LogP contribution in [0.3, 0.4) is 0 Å². The van der Waals surface area contributed by atoms with E-state index in [0.29, 0.717) is 5.69 Å². The van der Waals surface area contributed by atoms with Gasteiger partial charge in [-0.1, -0.05) is 18.2 Å². The van der Waals surface area contributed by atoms with Gasteiger partial charge in [-0.2, -0.15) is 30.3 Å². The summed E-state index contributed by atoms with van der Waals surface area (Å²) >= 11 is 0. The second-order valence-electron chi connectivity index (χ2n) is 3.53. The zero-order valence-electron chi connectivity index (χ0n) is 10.4. The second-order valence-corrected chi connectivity index (χ2v) is 5.47. The van der Waals surface area contributed by atoms with Gasteiger partial charge in [0.25, 0.3) is 0 Å². The first-order chi connectivity index (χ1) is 8.12. The largest absolute Gasteiger partial charge is 1.00 e. The Bertz CT molecular complexity index is 585. The van der Waals surface area contributed by atoms with Crippen LogP contribution < -0.4 is 23.2 Å². The normalized spacial score (nSPS) is 10.5. The summed E-state index contributed by atoms with van der Waals surface area (Å²) in [6.07, 6.45) is 0. The minimum Gasteiger partial charge on any atom is -0.271 e. The molecule has 0 aliphatic rings. The van der Waals surface area contributed by atoms with Crippen LogP contribution in [0, 0.1) is 6.07 Å². The molecule has 0 unspecified atom stereocenters. The SMILES string of the molecule is CN(c1ccccc1)S(=O)(=O)c1[c-]cccc1.[Li+]. The zero-order chi connectivity index (χ0) is 12.3. The van der Waals surface area contributed by atoms with Crippen LogP contribution in [0.15, 0.2) is 59.5 Å². The fourth-order valence-electron chi connectivity index (χ4n) is 1.46. The Balaban J connectivity index is 0.00000162. The summed E-state index contributed by atoms with van der Waals surface area (Å²) in [4.78, 5) is 0.173. The summed E-state index contributed by atoms with van der Waals surface area (Å²) in [7, 11) is -1.98. The molecule has 18 heavy (non-hydrogen) atoms. The molecule has 0 aliphatic carbocycles. The van der Waals surface area contributed by atoms with E-state index in [9.17, 15) is 8.42 Å². The van der Waals surface area contributed by atoms with Crippen molar-refractivity contribution in [2.45, 2.75) is 4.90 Å². The van der Waals surface area contributed by atoms with Crippen molar-refractivity contribution in [2.24, 2.45) is 0 Å². The van der Waals surface area contributed by atoms with E-state index in [1.165, 1.54) is 17.4 Å². The predicted molar refractivity (Wildman–Crippen MR) is 67.3 cm³/mol. The van der Waals surface area contributed by atoms with Crippen molar-refractivity contribution in [3.63, 3.8) is 0 Å². The topological polar surface area (TPSA) is 37.4 Å². The molecule has 0 bridgehead atoms. The molecule has 0 heterocycles. The maximum atomic E-state index is 12.2. The smallest absolute Gasteiger partial charge is 0.271 e. The van der Waals surface area contributed by atoms with Crippen LogP contribution >= 0.6 is 0 Å². The van der Waals surface area contributed by atoms with Gasteiger partial charge in [0.15, 0.2) is 0 Å². The molecule has 0 radical (unpaired) electrons. The summed E-state index contributed by atoms with van der Waals surface area (Å²) in [5.74, 6) is 0. The van der Waals surface area contributed by atoms with Crippen LogP contribution in [0.4, 0.5) is 5.69 Å². The number of hydrogen-bond acceptors (Lipinski definition) is 2. The molecule has 2 aromatic rings. The number of sulfonamides is 1. The average Bonchev–Trinajstić information content (AvgIpc) is 2.40. The van der Waals surface area contributed by atoms with Gasteiger partial charge in [0.05, 0.1) is 5.69 Å². The number of para-hydroxylation sites is 1. The van der Waals surface area contributed by atoms with Crippen LogP contribution in [0.2, 0.25) is 0 Å². The van der Waals surface area contributed by atoms with Crippen molar-refractivity contribution in [2.75, 3.05) is 11.4 Å². The van der Waals surface area contributed by atoms with Gasteiger partial charge in [-0.15, -0.1) is 0 Å². The first-order valence-electron chi connectivity index (χ1n) is 5.13. The van der Waals surface area contributed by atoms with E-state index in [4.69, 9.17) is 0 Å². The summed E-state index contributed by atoms with van der Waals surface area (Å²) in [5, 5.41) is 0. The third-order valence-corrected chi connectivity index (χ3v) is 4.18. The first kappa shape index (κ1) is 14.8. The molecule has 0 spiro atoms. The van der Waals surface area contributed by atoms with Gasteiger partial charge in [-0.05, 0) is 17.0 Å². The van der Waals surface area contributed by atoms with E-state index < -0.39 is 10.0 Å². The molecule has 0 N–H and O–H groups in total. The number of rotatable bonds is 3. The Morgan fingerprint density at radius 1 is 1.00 bits per heavy atom. The number of hydrogen-bond donors (Lipinski definition) is 0. The van der Waals surface area contributed by atoms with Gasteiger partial charge >= 0.3 is 18.9 Å². The van der Waals surface area contributed by atoms with Crippen molar-refractivity contribution in [3.05, 3.63) is 60.7 Å². The molecule has 0 atom stereocenters. The predicted octanol–water partition coefficient (Wildman–Crippen LogP) is -0.684. The number of benzene rings is 2. The van der Waals surface area contributed by atoms with Crippen LogP contribution in [0.1, 0.15) is 0 Å². The van der Waals surface area contributed by atoms with Crippen LogP contribution in [-0.4, -0.2) is 15.5 Å². The third-order valence-electron chi connectivity index (χ3n) is 2.44. The fraction of sp³-hybridized carbons (Fsp3) is 0.0769. The van der Waals surface area contributed by atoms with Gasteiger partial charge in [0.2, 0.25) is 10.0 Å². The zero-order valence-corrected chi connectivity index (χ0v) is 11.2. The first-order valence-corrected chi connectivity index (χ1v) is 6.57. The van der Waals surface area contributed by atoms with E-state index >= 15 is 0 Å². The molecular formula is C13H12LiNO2S. The fourth-order valence-corrected chi connectivity index (χ4v) is 2.62. The van der Waals surface area contributed by atoms with E-state index in [2.05, 4.69) is 6.07 Å². The Morgan fingerprint density at radius 2 is 1.61 bits per heavy atom. The van der Waals surface area contributed by atoms with E-state index in [1.54, 1.807) is 42.5 Å². The van der Waals surface area contributed by atoms with Crippen molar-refractivity contribution in [1.29, 1.82) is 0 Å². The minimum absolute atomic E-state index is 0. The van der Waals surface area contributed by atoms with E-state index in [0.717, 1.165) is 0 Å². The van der Waals surface area contributed by atoms with Gasteiger partial charge in [-0.25, -0.2) is 8.42 Å². The molecule has 2 aromatic carbocycles. The minimum atomic E-state index is -3.51. The molecule has 2 rings (SSSR count). The maximum Gasteiger partial charge on any atom is 1.00 e. The van der Waals surface area contributed by atoms with Crippen molar-refractivity contribution in [1.82, 2.24) is 0 Å². The molecule has 3 nitrogen and oxygen atoms in total. The molecule has 88 valence electrons. The monoisotopic (exact) mass is 253 g/mol. The molecule has 5 heteroatoms. The summed E-state index contributed by atoms with van der Waals surface area (Å²) in [6.45, 7) is 0. The van der Waals surface area contributed by atoms with Crippen molar-refractivity contribution < 1.29 is 27.3 Å². The van der Waals surface area contributed by atoms with Gasteiger partial charge in [0, 0.05) is 7.05 Å². The van der Waals surface area contributed by atoms with Gasteiger partial charge < -0.3 is 0 Å². The van der Waals surface area contributed by atoms with Gasteiger partial charge in [-0.3, -0.25) is 4.31 Å². The Hall–Kier alpha value is -1.21. The summed E-state index contributed by atoms with van der Waals surface area (Å²) in [5.41, 5.74) is 0.629. The molecule has 0 aliphatic heterocycles. The average molecular weight is 253 g/mol. The molecular weight excluding hydrogens is 241 g/mol. The van der Waals surface area contributed by atoms with Crippen LogP contribution in [0.5, 0.6) is 0 Å². The quantitative estimate of drug-likeness (QED) is 0.537. The Labute approximate surface area is 120 Å². The molecule has 0 amide bonds. The van der Waals surface area contributed by atoms with Crippen molar-refractivity contribution >= 4 is 15.7 Å². The molecule has 0 saturated carbocycles. The molecule has 0 saturated heterocycles. The molecule has 0 aromatic heterocycles. The van der Waals surface area contributed by atoms with Crippen LogP contribution in [0.25, 0.3) is 0 Å². The standard InChI is InChI=1S/C13H12NO2S.Li/c1-14(12-8-4-2-5-9-12)17(15,16)13-10-6-3-7-11-13;/h2-10H,1H3;/q-1;+1. The van der Waals surface area contributed by atoms with Crippen LogP contribution in [-0.2, 0) is 10.0 Å². The van der Waals surface area contributed by atoms with E-state index in [1.807, 2.05) is 6.07 Å². The summed E-state index contributed by atoms with van der Waals surface area (Å²) in [6, 6.07) is 18.2. The Morgan fingerprint density at radius 3 is 2.17 bits per heavy atom. The number of anilines is 1. The van der Waals surface area contributed by atoms with E-state index in [-0.39, 0.29) is 23.8 Å². The van der Waals surface area contributed by atoms with Gasteiger partial charge in [0.1, 0.15) is 0 Å². The number of nitrogens with zero attached hydrogens (tertiary/aromatic N) is 1. The van der Waals surface area contributed by atoms with Crippen molar-refractivity contribution in [3.8, 4) is 0 Å². The maximum absolute atomic E-state index is 12.2. The Kier molecular flexibility index (Phi) is 5.03. The molecule has 0 fully saturated rings. The second kappa shape index (κ2) is 6.10. The third kappa shape index (κ3) is 2.97.